The molecule has 0 spiro atoms. The maximum atomic E-state index is 11.8. The van der Waals surface area contributed by atoms with Gasteiger partial charge in [-0.15, -0.1) is 0 Å². The van der Waals surface area contributed by atoms with Gasteiger partial charge in [-0.1, -0.05) is 29.8 Å². The fourth-order valence-electron chi connectivity index (χ4n) is 2.19. The third-order valence-corrected chi connectivity index (χ3v) is 3.52. The number of carbonyl (C=O) groups is 2. The van der Waals surface area contributed by atoms with Gasteiger partial charge in [-0.25, -0.2) is 4.79 Å². The molecule has 1 heterocycles. The van der Waals surface area contributed by atoms with Gasteiger partial charge in [0.2, 0.25) is 5.91 Å². The lowest BCUT2D eigenvalue weighted by atomic mass is 10.0. The largest absolute Gasteiger partial charge is 0.480 e. The molecule has 5 heteroatoms. The van der Waals surface area contributed by atoms with E-state index in [9.17, 15) is 9.59 Å². The van der Waals surface area contributed by atoms with Crippen LogP contribution in [0.15, 0.2) is 24.3 Å². The fourth-order valence-corrected chi connectivity index (χ4v) is 2.38. The van der Waals surface area contributed by atoms with E-state index in [1.807, 2.05) is 12.1 Å². The van der Waals surface area contributed by atoms with E-state index >= 15 is 0 Å². The van der Waals surface area contributed by atoms with Crippen LogP contribution in [0, 0.1) is 0 Å². The van der Waals surface area contributed by atoms with E-state index in [2.05, 4.69) is 0 Å². The van der Waals surface area contributed by atoms with Gasteiger partial charge in [-0.3, -0.25) is 4.79 Å². The first-order chi connectivity index (χ1) is 8.59. The second-order valence-corrected chi connectivity index (χ2v) is 4.77. The predicted octanol–water partition coefficient (Wildman–Crippen LogP) is 2.31. The average Bonchev–Trinajstić information content (AvgIpc) is 2.34. The van der Waals surface area contributed by atoms with E-state index in [1.165, 1.54) is 4.90 Å². The van der Waals surface area contributed by atoms with E-state index in [0.717, 1.165) is 5.56 Å². The number of hydrogen-bond donors (Lipinski definition) is 1. The summed E-state index contributed by atoms with van der Waals surface area (Å²) in [5.74, 6) is -1.07. The Hall–Kier alpha value is -1.55. The molecule has 1 unspecified atom stereocenters. The number of hydrogen-bond acceptors (Lipinski definition) is 2. The summed E-state index contributed by atoms with van der Waals surface area (Å²) in [7, 11) is 0. The van der Waals surface area contributed by atoms with Crippen LogP contribution in [0.25, 0.3) is 0 Å². The molecule has 0 aliphatic carbocycles. The Kier molecular flexibility index (Phi) is 3.87. The van der Waals surface area contributed by atoms with Crippen molar-refractivity contribution in [3.05, 3.63) is 34.9 Å². The molecular formula is C13H14ClNO3. The lowest BCUT2D eigenvalue weighted by Gasteiger charge is -2.33. The zero-order valence-electron chi connectivity index (χ0n) is 9.80. The highest BCUT2D eigenvalue weighted by molar-refractivity contribution is 6.31. The molecule has 1 aliphatic heterocycles. The first-order valence-corrected chi connectivity index (χ1v) is 6.23. The van der Waals surface area contributed by atoms with Crippen LogP contribution in [0.5, 0.6) is 0 Å². The van der Waals surface area contributed by atoms with Crippen molar-refractivity contribution in [2.24, 2.45) is 0 Å². The number of rotatable bonds is 3. The molecule has 1 aliphatic rings. The lowest BCUT2D eigenvalue weighted by molar-refractivity contribution is -0.153. The molecule has 0 aromatic heterocycles. The Labute approximate surface area is 110 Å². The SMILES string of the molecule is O=C(O)C1CCCC(=O)N1Cc1ccccc1Cl. The number of amides is 1. The van der Waals surface area contributed by atoms with Crippen LogP contribution >= 0.6 is 11.6 Å². The molecule has 1 saturated heterocycles. The molecule has 1 aromatic carbocycles. The lowest BCUT2D eigenvalue weighted by Crippen LogP contribution is -2.47. The van der Waals surface area contributed by atoms with Gasteiger partial charge in [-0.05, 0) is 24.5 Å². The Morgan fingerprint density at radius 3 is 2.83 bits per heavy atom. The molecule has 0 radical (unpaired) electrons. The summed E-state index contributed by atoms with van der Waals surface area (Å²) in [5.41, 5.74) is 0.778. The molecular weight excluding hydrogens is 254 g/mol. The molecule has 0 bridgehead atoms. The Bertz CT molecular complexity index is 475. The highest BCUT2D eigenvalue weighted by atomic mass is 35.5. The summed E-state index contributed by atoms with van der Waals surface area (Å²) in [4.78, 5) is 24.4. The Balaban J connectivity index is 2.21. The number of carbonyl (C=O) groups excluding carboxylic acids is 1. The molecule has 1 N–H and O–H groups in total. The topological polar surface area (TPSA) is 57.6 Å². The quantitative estimate of drug-likeness (QED) is 0.914. The van der Waals surface area contributed by atoms with Crippen LogP contribution in [0.1, 0.15) is 24.8 Å². The molecule has 18 heavy (non-hydrogen) atoms. The van der Waals surface area contributed by atoms with Gasteiger partial charge >= 0.3 is 5.97 Å². The van der Waals surface area contributed by atoms with Crippen molar-refractivity contribution in [2.45, 2.75) is 31.8 Å². The number of carboxylic acid groups (broad SMARTS) is 1. The molecule has 1 aromatic rings. The number of benzene rings is 1. The van der Waals surface area contributed by atoms with E-state index in [-0.39, 0.29) is 12.5 Å². The molecule has 1 amide bonds. The summed E-state index contributed by atoms with van der Waals surface area (Å²) in [6.45, 7) is 0.259. The second-order valence-electron chi connectivity index (χ2n) is 4.36. The van der Waals surface area contributed by atoms with Crippen molar-refractivity contribution in [1.29, 1.82) is 0 Å². The number of aliphatic carboxylic acids is 1. The summed E-state index contributed by atoms with van der Waals surface area (Å²) >= 11 is 6.03. The summed E-state index contributed by atoms with van der Waals surface area (Å²) in [5, 5.41) is 9.70. The van der Waals surface area contributed by atoms with E-state index in [0.29, 0.717) is 24.3 Å². The van der Waals surface area contributed by atoms with E-state index in [1.54, 1.807) is 12.1 Å². The average molecular weight is 268 g/mol. The number of nitrogens with zero attached hydrogens (tertiary/aromatic N) is 1. The van der Waals surface area contributed by atoms with E-state index < -0.39 is 12.0 Å². The summed E-state index contributed by atoms with van der Waals surface area (Å²) in [6.07, 6.45) is 1.55. The molecule has 96 valence electrons. The number of likely N-dealkylation sites (tertiary alicyclic amines) is 1. The van der Waals surface area contributed by atoms with Gasteiger partial charge in [0, 0.05) is 18.0 Å². The first-order valence-electron chi connectivity index (χ1n) is 5.85. The minimum absolute atomic E-state index is 0.117. The third-order valence-electron chi connectivity index (χ3n) is 3.15. The van der Waals surface area contributed by atoms with Crippen LogP contribution in [0.2, 0.25) is 5.02 Å². The van der Waals surface area contributed by atoms with Crippen molar-refractivity contribution in [3.63, 3.8) is 0 Å². The third kappa shape index (κ3) is 2.64. The highest BCUT2D eigenvalue weighted by Gasteiger charge is 2.33. The number of halogens is 1. The van der Waals surface area contributed by atoms with Gasteiger partial charge < -0.3 is 10.0 Å². The second kappa shape index (κ2) is 5.40. The smallest absolute Gasteiger partial charge is 0.326 e. The number of carboxylic acids is 1. The molecule has 4 nitrogen and oxygen atoms in total. The highest BCUT2D eigenvalue weighted by Crippen LogP contribution is 2.24. The zero-order chi connectivity index (χ0) is 13.1. The molecule has 1 atom stereocenters. The normalized spacial score (nSPS) is 19.9. The summed E-state index contributed by atoms with van der Waals surface area (Å²) < 4.78 is 0. The van der Waals surface area contributed by atoms with Crippen LogP contribution in [0.3, 0.4) is 0 Å². The van der Waals surface area contributed by atoms with Gasteiger partial charge in [0.05, 0.1) is 0 Å². The minimum Gasteiger partial charge on any atom is -0.480 e. The fraction of sp³-hybridized carbons (Fsp3) is 0.385. The Morgan fingerprint density at radius 1 is 1.44 bits per heavy atom. The summed E-state index contributed by atoms with van der Waals surface area (Å²) in [6, 6.07) is 6.44. The standard InChI is InChI=1S/C13H14ClNO3/c14-10-5-2-1-4-9(10)8-15-11(13(17)18)6-3-7-12(15)16/h1-2,4-5,11H,3,6-8H2,(H,17,18). The number of piperidine rings is 1. The van der Waals surface area contributed by atoms with Crippen molar-refractivity contribution >= 4 is 23.5 Å². The first kappa shape index (κ1) is 12.9. The molecule has 2 rings (SSSR count). The van der Waals surface area contributed by atoms with Gasteiger partial charge in [0.15, 0.2) is 0 Å². The monoisotopic (exact) mass is 267 g/mol. The van der Waals surface area contributed by atoms with Crippen molar-refractivity contribution in [1.82, 2.24) is 4.90 Å². The Morgan fingerprint density at radius 2 is 2.17 bits per heavy atom. The van der Waals surface area contributed by atoms with Gasteiger partial charge in [-0.2, -0.15) is 0 Å². The van der Waals surface area contributed by atoms with Gasteiger partial charge in [0.25, 0.3) is 0 Å². The molecule has 1 fully saturated rings. The van der Waals surface area contributed by atoms with E-state index in [4.69, 9.17) is 16.7 Å². The maximum Gasteiger partial charge on any atom is 0.326 e. The zero-order valence-corrected chi connectivity index (χ0v) is 10.6. The molecule has 0 saturated carbocycles. The van der Waals surface area contributed by atoms with Crippen LogP contribution < -0.4 is 0 Å². The maximum absolute atomic E-state index is 11.8. The minimum atomic E-state index is -0.949. The van der Waals surface area contributed by atoms with Crippen molar-refractivity contribution < 1.29 is 14.7 Å². The van der Waals surface area contributed by atoms with Crippen molar-refractivity contribution in [3.8, 4) is 0 Å². The van der Waals surface area contributed by atoms with Crippen LogP contribution in [0.4, 0.5) is 0 Å². The van der Waals surface area contributed by atoms with Gasteiger partial charge in [0.1, 0.15) is 6.04 Å². The predicted molar refractivity (Wildman–Crippen MR) is 67.3 cm³/mol. The van der Waals surface area contributed by atoms with Crippen molar-refractivity contribution in [2.75, 3.05) is 0 Å². The van der Waals surface area contributed by atoms with Crippen LogP contribution in [-0.2, 0) is 16.1 Å². The van der Waals surface area contributed by atoms with Crippen LogP contribution in [-0.4, -0.2) is 27.9 Å².